The van der Waals surface area contributed by atoms with E-state index in [1.807, 2.05) is 36.1 Å². The number of nitriles is 1. The molecule has 2 heterocycles. The number of amides is 1. The van der Waals surface area contributed by atoms with Gasteiger partial charge in [-0.05, 0) is 94.8 Å². The number of carbonyl (C=O) groups excluding carboxylic acids is 1. The molecule has 1 aliphatic heterocycles. The third kappa shape index (κ3) is 10.7. The van der Waals surface area contributed by atoms with Crippen molar-refractivity contribution in [2.75, 3.05) is 32.8 Å². The molecule has 1 amide bonds. The van der Waals surface area contributed by atoms with Crippen molar-refractivity contribution in [3.05, 3.63) is 153 Å². The van der Waals surface area contributed by atoms with Crippen LogP contribution in [0.5, 0.6) is 23.1 Å². The standard InChI is InChI=1S/C45H45ClN4O4/c1-32(2)38-12-15-40(16-13-38)52-25-20-34-4-8-36(9-5-34)30-49-21-23-50(24-22-49)45(51)19-14-39-27-42(46)43(26-33(39)3)54-44-18-17-41(29-48-44)53-31-37-10-6-35(28-47)7-11-37/h4-19,26-27,29,32H,20-25,30-31H2,1-3H3. The van der Waals surface area contributed by atoms with Crippen LogP contribution >= 0.6 is 11.6 Å². The van der Waals surface area contributed by atoms with Gasteiger partial charge in [-0.3, -0.25) is 9.69 Å². The Balaban J connectivity index is 0.922. The van der Waals surface area contributed by atoms with E-state index in [0.717, 1.165) is 48.5 Å². The summed E-state index contributed by atoms with van der Waals surface area (Å²) >= 11 is 6.60. The Kier molecular flexibility index (Phi) is 13.0. The zero-order valence-corrected chi connectivity index (χ0v) is 31.8. The molecule has 6 rings (SSSR count). The number of benzene rings is 4. The molecule has 5 aromatic rings. The van der Waals surface area contributed by atoms with Crippen LogP contribution in [0.4, 0.5) is 0 Å². The Hall–Kier alpha value is -5.62. The molecule has 1 aromatic heterocycles. The Morgan fingerprint density at radius 1 is 0.870 bits per heavy atom. The SMILES string of the molecule is Cc1cc(Oc2ccc(OCc3ccc(C#N)cc3)cn2)c(Cl)cc1C=CC(=O)N1CCN(Cc2ccc(CCOc3ccc(C(C)C)cc3)cc2)CC1. The summed E-state index contributed by atoms with van der Waals surface area (Å²) in [5, 5.41) is 9.37. The molecule has 0 spiro atoms. The zero-order valence-electron chi connectivity index (χ0n) is 31.0. The predicted molar refractivity (Wildman–Crippen MR) is 213 cm³/mol. The summed E-state index contributed by atoms with van der Waals surface area (Å²) in [5.74, 6) is 2.85. The largest absolute Gasteiger partial charge is 0.493 e. The monoisotopic (exact) mass is 740 g/mol. The summed E-state index contributed by atoms with van der Waals surface area (Å²) < 4.78 is 17.7. The van der Waals surface area contributed by atoms with Crippen molar-refractivity contribution < 1.29 is 19.0 Å². The van der Waals surface area contributed by atoms with Crippen LogP contribution < -0.4 is 14.2 Å². The Labute approximate surface area is 323 Å². The van der Waals surface area contributed by atoms with Crippen LogP contribution in [0.1, 0.15) is 58.7 Å². The Bertz CT molecular complexity index is 2070. The van der Waals surface area contributed by atoms with Gasteiger partial charge in [0.2, 0.25) is 11.8 Å². The average molecular weight is 741 g/mol. The second kappa shape index (κ2) is 18.4. The molecule has 1 saturated heterocycles. The minimum Gasteiger partial charge on any atom is -0.493 e. The third-order valence-electron chi connectivity index (χ3n) is 9.46. The molecule has 0 radical (unpaired) electrons. The van der Waals surface area contributed by atoms with Crippen molar-refractivity contribution in [1.29, 1.82) is 5.26 Å². The van der Waals surface area contributed by atoms with E-state index in [4.69, 9.17) is 31.1 Å². The van der Waals surface area contributed by atoms with Crippen LogP contribution in [-0.2, 0) is 24.4 Å². The fourth-order valence-electron chi connectivity index (χ4n) is 6.09. The van der Waals surface area contributed by atoms with Gasteiger partial charge >= 0.3 is 0 Å². The molecule has 54 heavy (non-hydrogen) atoms. The Morgan fingerprint density at radius 2 is 1.56 bits per heavy atom. The van der Waals surface area contributed by atoms with E-state index in [9.17, 15) is 4.79 Å². The molecule has 1 aliphatic rings. The zero-order chi connectivity index (χ0) is 37.9. The number of piperazine rings is 1. The molecular weight excluding hydrogens is 696 g/mol. The Morgan fingerprint density at radius 3 is 2.22 bits per heavy atom. The molecule has 0 aliphatic carbocycles. The lowest BCUT2D eigenvalue weighted by atomic mass is 10.0. The highest BCUT2D eigenvalue weighted by Gasteiger charge is 2.20. The highest BCUT2D eigenvalue weighted by Crippen LogP contribution is 2.32. The molecular formula is C45H45ClN4O4. The molecule has 276 valence electrons. The minimum absolute atomic E-state index is 0.0152. The number of halogens is 1. The third-order valence-corrected chi connectivity index (χ3v) is 9.75. The summed E-state index contributed by atoms with van der Waals surface area (Å²) in [7, 11) is 0. The lowest BCUT2D eigenvalue weighted by molar-refractivity contribution is -0.127. The van der Waals surface area contributed by atoms with Crippen molar-refractivity contribution in [3.63, 3.8) is 0 Å². The van der Waals surface area contributed by atoms with Gasteiger partial charge in [0.25, 0.3) is 0 Å². The van der Waals surface area contributed by atoms with Crippen molar-refractivity contribution in [2.24, 2.45) is 0 Å². The summed E-state index contributed by atoms with van der Waals surface area (Å²) in [6.07, 6.45) is 5.88. The smallest absolute Gasteiger partial charge is 0.246 e. The predicted octanol–water partition coefficient (Wildman–Crippen LogP) is 9.39. The summed E-state index contributed by atoms with van der Waals surface area (Å²) in [4.78, 5) is 21.7. The second-order valence-corrected chi connectivity index (χ2v) is 14.2. The molecule has 0 N–H and O–H groups in total. The molecule has 0 saturated carbocycles. The van der Waals surface area contributed by atoms with Crippen LogP contribution in [0.25, 0.3) is 6.08 Å². The van der Waals surface area contributed by atoms with E-state index in [-0.39, 0.29) is 5.91 Å². The first-order chi connectivity index (χ1) is 26.2. The molecule has 0 unspecified atom stereocenters. The highest BCUT2D eigenvalue weighted by molar-refractivity contribution is 6.32. The first-order valence-corrected chi connectivity index (χ1v) is 18.7. The van der Waals surface area contributed by atoms with E-state index in [0.29, 0.717) is 60.2 Å². The van der Waals surface area contributed by atoms with E-state index in [1.54, 1.807) is 42.6 Å². The van der Waals surface area contributed by atoms with Gasteiger partial charge in [0.05, 0.1) is 29.5 Å². The van der Waals surface area contributed by atoms with Crippen molar-refractivity contribution >= 4 is 23.6 Å². The number of rotatable bonds is 14. The fraction of sp³-hybridized carbons (Fsp3) is 0.267. The van der Waals surface area contributed by atoms with Gasteiger partial charge in [-0.15, -0.1) is 0 Å². The molecule has 9 heteroatoms. The lowest BCUT2D eigenvalue weighted by Crippen LogP contribution is -2.47. The van der Waals surface area contributed by atoms with E-state index in [1.165, 1.54) is 16.7 Å². The van der Waals surface area contributed by atoms with Gasteiger partial charge in [-0.2, -0.15) is 5.26 Å². The maximum Gasteiger partial charge on any atom is 0.246 e. The second-order valence-electron chi connectivity index (χ2n) is 13.7. The normalized spacial score (nSPS) is 13.2. The average Bonchev–Trinajstić information content (AvgIpc) is 3.19. The molecule has 4 aromatic carbocycles. The maximum atomic E-state index is 13.1. The molecule has 8 nitrogen and oxygen atoms in total. The molecule has 0 bridgehead atoms. The number of carbonyl (C=O) groups is 1. The quantitative estimate of drug-likeness (QED) is 0.105. The van der Waals surface area contributed by atoms with Gasteiger partial charge in [0.1, 0.15) is 23.9 Å². The van der Waals surface area contributed by atoms with E-state index >= 15 is 0 Å². The van der Waals surface area contributed by atoms with Crippen LogP contribution in [0.15, 0.2) is 109 Å². The van der Waals surface area contributed by atoms with Gasteiger partial charge in [-0.1, -0.05) is 74.0 Å². The first kappa shape index (κ1) is 38.1. The number of aromatic nitrogens is 1. The van der Waals surface area contributed by atoms with Crippen LogP contribution in [0, 0.1) is 18.3 Å². The number of pyridine rings is 1. The fourth-order valence-corrected chi connectivity index (χ4v) is 6.30. The van der Waals surface area contributed by atoms with Gasteiger partial charge in [-0.25, -0.2) is 4.98 Å². The number of hydrogen-bond acceptors (Lipinski definition) is 7. The highest BCUT2D eigenvalue weighted by atomic mass is 35.5. The topological polar surface area (TPSA) is 87.9 Å². The van der Waals surface area contributed by atoms with Crippen LogP contribution in [0.2, 0.25) is 5.02 Å². The summed E-state index contributed by atoms with van der Waals surface area (Å²) in [6.45, 7) is 11.2. The number of hydrogen-bond donors (Lipinski definition) is 0. The molecule has 0 atom stereocenters. The van der Waals surface area contributed by atoms with Crippen LogP contribution in [0.3, 0.4) is 0 Å². The first-order valence-electron chi connectivity index (χ1n) is 18.3. The number of aryl methyl sites for hydroxylation is 1. The van der Waals surface area contributed by atoms with Crippen LogP contribution in [-0.4, -0.2) is 53.5 Å². The van der Waals surface area contributed by atoms with Gasteiger partial charge < -0.3 is 19.1 Å². The summed E-state index contributed by atoms with van der Waals surface area (Å²) in [6, 6.07) is 33.6. The number of ether oxygens (including phenoxy) is 3. The van der Waals surface area contributed by atoms with Crippen molar-refractivity contribution in [3.8, 4) is 29.2 Å². The van der Waals surface area contributed by atoms with E-state index in [2.05, 4.69) is 78.3 Å². The van der Waals surface area contributed by atoms with Gasteiger partial charge in [0.15, 0.2) is 0 Å². The maximum absolute atomic E-state index is 13.1. The molecule has 1 fully saturated rings. The van der Waals surface area contributed by atoms with Crippen molar-refractivity contribution in [1.82, 2.24) is 14.8 Å². The van der Waals surface area contributed by atoms with Crippen molar-refractivity contribution in [2.45, 2.75) is 46.3 Å². The van der Waals surface area contributed by atoms with E-state index < -0.39 is 0 Å². The minimum atomic E-state index is -0.0152. The lowest BCUT2D eigenvalue weighted by Gasteiger charge is -2.34. The number of nitrogens with zero attached hydrogens (tertiary/aromatic N) is 4. The summed E-state index contributed by atoms with van der Waals surface area (Å²) in [5.41, 5.74) is 7.15. The van der Waals surface area contributed by atoms with Gasteiger partial charge in [0, 0.05) is 51.3 Å².